The molecular formula is C24H19NO5. The van der Waals surface area contributed by atoms with E-state index in [0.717, 1.165) is 17.5 Å². The van der Waals surface area contributed by atoms with Gasteiger partial charge in [-0.15, -0.1) is 0 Å². The number of rotatable bonds is 6. The molecule has 4 rings (SSSR count). The summed E-state index contributed by atoms with van der Waals surface area (Å²) in [6.45, 7) is 2.34. The molecule has 0 atom stereocenters. The molecule has 1 aromatic heterocycles. The van der Waals surface area contributed by atoms with Crippen molar-refractivity contribution in [2.24, 2.45) is 5.16 Å². The zero-order chi connectivity index (χ0) is 20.9. The Morgan fingerprint density at radius 2 is 1.77 bits per heavy atom. The van der Waals surface area contributed by atoms with Crippen LogP contribution in [0, 0.1) is 0 Å². The van der Waals surface area contributed by atoms with Gasteiger partial charge < -0.3 is 14.0 Å². The van der Waals surface area contributed by atoms with Crippen molar-refractivity contribution in [1.82, 2.24) is 0 Å². The van der Waals surface area contributed by atoms with Crippen LogP contribution >= 0.6 is 0 Å². The molecular weight excluding hydrogens is 382 g/mol. The second-order valence-corrected chi connectivity index (χ2v) is 6.66. The van der Waals surface area contributed by atoms with Crippen molar-refractivity contribution in [1.29, 1.82) is 0 Å². The van der Waals surface area contributed by atoms with Gasteiger partial charge in [-0.2, -0.15) is 0 Å². The van der Waals surface area contributed by atoms with Crippen molar-refractivity contribution in [3.8, 4) is 11.3 Å². The average molecular weight is 401 g/mol. The summed E-state index contributed by atoms with van der Waals surface area (Å²) < 4.78 is 11.0. The number of hydrogen-bond donors (Lipinski definition) is 0. The predicted octanol–water partition coefficient (Wildman–Crippen LogP) is 4.86. The first kappa shape index (κ1) is 19.4. The van der Waals surface area contributed by atoms with Crippen molar-refractivity contribution in [2.75, 3.05) is 6.61 Å². The molecule has 150 valence electrons. The van der Waals surface area contributed by atoms with Gasteiger partial charge in [-0.05, 0) is 36.8 Å². The van der Waals surface area contributed by atoms with Gasteiger partial charge in [0.05, 0.1) is 17.7 Å². The van der Waals surface area contributed by atoms with E-state index in [1.807, 2.05) is 37.3 Å². The number of carbonyl (C=O) groups is 2. The van der Waals surface area contributed by atoms with E-state index in [2.05, 4.69) is 5.16 Å². The molecule has 2 aromatic carbocycles. The third-order valence-electron chi connectivity index (χ3n) is 4.50. The Hall–Kier alpha value is -3.93. The number of ether oxygens (including phenoxy) is 1. The first-order valence-corrected chi connectivity index (χ1v) is 9.60. The molecule has 0 saturated carbocycles. The van der Waals surface area contributed by atoms with E-state index >= 15 is 0 Å². The van der Waals surface area contributed by atoms with E-state index in [1.165, 1.54) is 0 Å². The number of nitrogens with zero attached hydrogens (tertiary/aromatic N) is 1. The molecule has 0 saturated heterocycles. The van der Waals surface area contributed by atoms with Gasteiger partial charge in [0.15, 0.2) is 0 Å². The molecule has 1 aliphatic heterocycles. The number of furan rings is 1. The van der Waals surface area contributed by atoms with Crippen molar-refractivity contribution >= 4 is 23.7 Å². The monoisotopic (exact) mass is 401 g/mol. The normalized spacial score (nSPS) is 14.5. The lowest BCUT2D eigenvalue weighted by Crippen LogP contribution is -2.06. The lowest BCUT2D eigenvalue weighted by Gasteiger charge is -2.03. The van der Waals surface area contributed by atoms with Crippen LogP contribution in [0.5, 0.6) is 0 Å². The zero-order valence-electron chi connectivity index (χ0n) is 16.3. The smallest absolute Gasteiger partial charge is 0.368 e. The molecule has 0 aliphatic carbocycles. The number of benzene rings is 2. The van der Waals surface area contributed by atoms with Crippen LogP contribution in [0.25, 0.3) is 17.4 Å². The first-order chi connectivity index (χ1) is 14.7. The lowest BCUT2D eigenvalue weighted by molar-refractivity contribution is -0.136. The van der Waals surface area contributed by atoms with Crippen LogP contribution in [0.15, 0.2) is 81.9 Å². The summed E-state index contributed by atoms with van der Waals surface area (Å²) in [6.07, 6.45) is 2.39. The second kappa shape index (κ2) is 8.61. The van der Waals surface area contributed by atoms with Gasteiger partial charge >= 0.3 is 11.9 Å². The number of hydrogen-bond acceptors (Lipinski definition) is 6. The van der Waals surface area contributed by atoms with Crippen molar-refractivity contribution in [3.63, 3.8) is 0 Å². The summed E-state index contributed by atoms with van der Waals surface area (Å²) in [6, 6.07) is 19.9. The topological polar surface area (TPSA) is 78.1 Å². The molecule has 0 fully saturated rings. The lowest BCUT2D eigenvalue weighted by atomic mass is 10.0. The maximum Gasteiger partial charge on any atom is 0.368 e. The molecule has 6 heteroatoms. The standard InChI is InChI=1S/C24H19NO5/c1-2-14-28-23(26)18-10-8-16(9-11-18)21-13-12-19(29-21)15-20-22(25-30-24(20)27)17-6-4-3-5-7-17/h3-13,15H,2,14H2,1H3/b20-15-. The van der Waals surface area contributed by atoms with Crippen LogP contribution in [-0.2, 0) is 14.4 Å². The average Bonchev–Trinajstić information content (AvgIpc) is 3.40. The van der Waals surface area contributed by atoms with Gasteiger partial charge in [-0.25, -0.2) is 9.59 Å². The third-order valence-corrected chi connectivity index (χ3v) is 4.50. The van der Waals surface area contributed by atoms with Gasteiger partial charge in [-0.3, -0.25) is 0 Å². The van der Waals surface area contributed by atoms with E-state index in [-0.39, 0.29) is 5.97 Å². The summed E-state index contributed by atoms with van der Waals surface area (Å²) in [5.74, 6) is 0.233. The highest BCUT2D eigenvalue weighted by Gasteiger charge is 2.27. The maximum atomic E-state index is 12.1. The molecule has 0 N–H and O–H groups in total. The Morgan fingerprint density at radius 3 is 2.50 bits per heavy atom. The molecule has 6 nitrogen and oxygen atoms in total. The summed E-state index contributed by atoms with van der Waals surface area (Å²) in [4.78, 5) is 28.9. The Balaban J connectivity index is 1.55. The van der Waals surface area contributed by atoms with E-state index < -0.39 is 5.97 Å². The van der Waals surface area contributed by atoms with E-state index in [4.69, 9.17) is 14.0 Å². The van der Waals surface area contributed by atoms with Gasteiger partial charge in [0, 0.05) is 11.1 Å². The Morgan fingerprint density at radius 1 is 1.00 bits per heavy atom. The highest BCUT2D eigenvalue weighted by atomic mass is 16.7. The summed E-state index contributed by atoms with van der Waals surface area (Å²) in [5.41, 5.74) is 2.87. The van der Waals surface area contributed by atoms with Crippen LogP contribution in [0.3, 0.4) is 0 Å². The van der Waals surface area contributed by atoms with Crippen LogP contribution in [-0.4, -0.2) is 24.3 Å². The Kier molecular flexibility index (Phi) is 5.57. The van der Waals surface area contributed by atoms with Gasteiger partial charge in [0.2, 0.25) is 0 Å². The highest BCUT2D eigenvalue weighted by molar-refractivity contribution is 6.31. The van der Waals surface area contributed by atoms with Crippen molar-refractivity contribution in [2.45, 2.75) is 13.3 Å². The Bertz CT molecular complexity index is 1120. The molecule has 0 unspecified atom stereocenters. The van der Waals surface area contributed by atoms with Gasteiger partial charge in [0.25, 0.3) is 0 Å². The number of esters is 1. The van der Waals surface area contributed by atoms with Crippen LogP contribution in [0.2, 0.25) is 0 Å². The van der Waals surface area contributed by atoms with Gasteiger partial charge in [0.1, 0.15) is 17.2 Å². The van der Waals surface area contributed by atoms with Crippen LogP contribution in [0.1, 0.15) is 35.0 Å². The molecule has 0 amide bonds. The van der Waals surface area contributed by atoms with Crippen molar-refractivity contribution in [3.05, 3.63) is 89.2 Å². The summed E-state index contributed by atoms with van der Waals surface area (Å²) >= 11 is 0. The minimum absolute atomic E-state index is 0.330. The first-order valence-electron chi connectivity index (χ1n) is 9.60. The zero-order valence-corrected chi connectivity index (χ0v) is 16.3. The molecule has 0 spiro atoms. The summed E-state index contributed by atoms with van der Waals surface area (Å²) in [7, 11) is 0. The number of oxime groups is 1. The molecule has 0 bridgehead atoms. The molecule has 30 heavy (non-hydrogen) atoms. The van der Waals surface area contributed by atoms with Gasteiger partial charge in [-0.1, -0.05) is 54.5 Å². The minimum Gasteiger partial charge on any atom is -0.462 e. The van der Waals surface area contributed by atoms with E-state index in [1.54, 1.807) is 42.5 Å². The third kappa shape index (κ3) is 4.07. The molecule has 2 heterocycles. The van der Waals surface area contributed by atoms with Crippen molar-refractivity contribution < 1.29 is 23.6 Å². The van der Waals surface area contributed by atoms with E-state index in [9.17, 15) is 9.59 Å². The van der Waals surface area contributed by atoms with E-state index in [0.29, 0.717) is 35.0 Å². The fourth-order valence-corrected chi connectivity index (χ4v) is 2.99. The number of carbonyl (C=O) groups excluding carboxylic acids is 2. The van der Waals surface area contributed by atoms with Crippen LogP contribution < -0.4 is 0 Å². The Labute approximate surface area is 173 Å². The molecule has 3 aromatic rings. The predicted molar refractivity (Wildman–Crippen MR) is 112 cm³/mol. The van der Waals surface area contributed by atoms with Crippen LogP contribution in [0.4, 0.5) is 0 Å². The quantitative estimate of drug-likeness (QED) is 0.335. The second-order valence-electron chi connectivity index (χ2n) is 6.66. The fourth-order valence-electron chi connectivity index (χ4n) is 2.99. The SMILES string of the molecule is CCCOC(=O)c1ccc(-c2ccc(/C=C3\C(=O)ON=C3c3ccccc3)o2)cc1. The molecule has 0 radical (unpaired) electrons. The molecule has 1 aliphatic rings. The highest BCUT2D eigenvalue weighted by Crippen LogP contribution is 2.26. The largest absolute Gasteiger partial charge is 0.462 e. The minimum atomic E-state index is -0.526. The summed E-state index contributed by atoms with van der Waals surface area (Å²) in [5, 5.41) is 3.89. The fraction of sp³-hybridized carbons (Fsp3) is 0.125. The maximum absolute atomic E-state index is 12.1.